The number of hydrogen-bond acceptors (Lipinski definition) is 11. The zero-order valence-electron chi connectivity index (χ0n) is 33.2. The van der Waals surface area contributed by atoms with Crippen molar-refractivity contribution in [3.63, 3.8) is 0 Å². The molecule has 1 heterocycles. The van der Waals surface area contributed by atoms with E-state index in [1.165, 1.54) is 7.11 Å². The predicted molar refractivity (Wildman–Crippen MR) is 213 cm³/mol. The first-order valence-electron chi connectivity index (χ1n) is 18.5. The van der Waals surface area contributed by atoms with Crippen LogP contribution in [0, 0.1) is 5.92 Å². The maximum Gasteiger partial charge on any atom is 0.342 e. The normalized spacial score (nSPS) is 19.4. The summed E-state index contributed by atoms with van der Waals surface area (Å²) < 4.78 is 55.1. The van der Waals surface area contributed by atoms with Gasteiger partial charge in [-0.25, -0.2) is 9.59 Å². The summed E-state index contributed by atoms with van der Waals surface area (Å²) in [7, 11) is -0.0445. The summed E-state index contributed by atoms with van der Waals surface area (Å²) >= 11 is 1.14. The average molecular weight is 781 g/mol. The van der Waals surface area contributed by atoms with Crippen LogP contribution in [-0.2, 0) is 27.9 Å². The monoisotopic (exact) mass is 780 g/mol. The molecule has 1 aliphatic heterocycles. The first-order chi connectivity index (χ1) is 25.2. The lowest BCUT2D eigenvalue weighted by Gasteiger charge is -2.28. The lowest BCUT2D eigenvalue weighted by atomic mass is 9.94. The number of ether oxygens (including phenoxy) is 7. The molecule has 0 spiro atoms. The van der Waals surface area contributed by atoms with Crippen molar-refractivity contribution in [1.29, 1.82) is 1.28 Å². The molecule has 52 heavy (non-hydrogen) atoms. The van der Waals surface area contributed by atoms with Gasteiger partial charge in [-0.2, -0.15) is 0 Å². The van der Waals surface area contributed by atoms with Crippen LogP contribution in [0.4, 0.5) is 0 Å². The Hall–Kier alpha value is -2.44. The molecule has 1 fully saturated rings. The Morgan fingerprint density at radius 2 is 1.81 bits per heavy atom. The number of esters is 2. The largest absolute Gasteiger partial charge is 0.493 e. The standard InChI is InChI=1S/C39H59O10PSSi/c1-10-21-43-31-24-30(35(34(25-31)45-26-42-6)38(41)44-22-23-52(7,8)9)17-14-18-33-36(48-39(4,5)47-33)32(20-19-27(2)28(3)49-51-50)46-37(40)29-15-12-11-13-16-29/h11-17,24-25,27-28,32-33,36H,10,18-23,26,50H2,1-9H3/b17-14+/t27-,28+,32?,33+,36-/m1/s1/i50T/t27-,28+,32?,33+,36-,50?. The molecular formula is C39H59O10PSSi. The lowest BCUT2D eigenvalue weighted by Crippen LogP contribution is -2.39. The fourth-order valence-electron chi connectivity index (χ4n) is 5.61. The molecule has 10 nitrogen and oxygen atoms in total. The van der Waals surface area contributed by atoms with Crippen molar-refractivity contribution in [2.45, 2.75) is 116 Å². The zero-order chi connectivity index (χ0) is 39.0. The van der Waals surface area contributed by atoms with E-state index in [0.29, 0.717) is 55.1 Å². The predicted octanol–water partition coefficient (Wildman–Crippen LogP) is 9.36. The van der Waals surface area contributed by atoms with Gasteiger partial charge in [0.1, 0.15) is 29.3 Å². The third-order valence-electron chi connectivity index (χ3n) is 8.63. The summed E-state index contributed by atoms with van der Waals surface area (Å²) in [6.07, 6.45) is 4.39. The van der Waals surface area contributed by atoms with E-state index in [1.54, 1.807) is 30.3 Å². The van der Waals surface area contributed by atoms with Gasteiger partial charge in [0.2, 0.25) is 0 Å². The SMILES string of the molecule is [3H]PSO[C@@H](C)[C@H](C)CCC(OC(=O)c1ccccc1)[C@H]1OC(C)(C)O[C@H]1C/C=C/c1cc(OCCC)cc(OCOC)c1C(=O)OCC[Si](C)(C)C. The van der Waals surface area contributed by atoms with Crippen molar-refractivity contribution < 1.29 is 46.9 Å². The van der Waals surface area contributed by atoms with Crippen LogP contribution in [0.15, 0.2) is 48.5 Å². The van der Waals surface area contributed by atoms with Gasteiger partial charge in [0.15, 0.2) is 12.6 Å². The quantitative estimate of drug-likeness (QED) is 0.0354. The van der Waals surface area contributed by atoms with E-state index in [9.17, 15) is 9.59 Å². The average Bonchev–Trinajstić information content (AvgIpc) is 3.43. The van der Waals surface area contributed by atoms with Gasteiger partial charge in [-0.05, 0) is 90.6 Å². The minimum atomic E-state index is -1.45. The second-order valence-corrected chi connectivity index (χ2v) is 21.2. The molecule has 2 aromatic rings. The minimum absolute atomic E-state index is 0.0599. The Labute approximate surface area is 319 Å². The number of benzene rings is 2. The summed E-state index contributed by atoms with van der Waals surface area (Å²) in [5.41, 5.74) is 1.30. The Morgan fingerprint density at radius 3 is 2.48 bits per heavy atom. The Morgan fingerprint density at radius 1 is 1.06 bits per heavy atom. The molecule has 2 unspecified atom stereocenters. The van der Waals surface area contributed by atoms with E-state index in [1.807, 2.05) is 52.0 Å². The highest BCUT2D eigenvalue weighted by atomic mass is 32.7. The molecule has 0 amide bonds. The summed E-state index contributed by atoms with van der Waals surface area (Å²) in [6, 6.07) is 13.2. The summed E-state index contributed by atoms with van der Waals surface area (Å²) in [6.45, 7) is 17.2. The Balaban J connectivity index is 1.94. The van der Waals surface area contributed by atoms with Gasteiger partial charge in [0.25, 0.3) is 0 Å². The van der Waals surface area contributed by atoms with Gasteiger partial charge < -0.3 is 37.3 Å². The van der Waals surface area contributed by atoms with Crippen molar-refractivity contribution in [3.05, 3.63) is 65.2 Å². The van der Waals surface area contributed by atoms with Gasteiger partial charge in [0, 0.05) is 32.9 Å². The first kappa shape index (κ1) is 42.3. The van der Waals surface area contributed by atoms with Crippen molar-refractivity contribution in [2.75, 3.05) is 27.1 Å². The van der Waals surface area contributed by atoms with Gasteiger partial charge in [-0.1, -0.05) is 63.8 Å². The lowest BCUT2D eigenvalue weighted by molar-refractivity contribution is -0.156. The van der Waals surface area contributed by atoms with E-state index < -0.39 is 44.1 Å². The summed E-state index contributed by atoms with van der Waals surface area (Å²) in [5, 5.41) is 0. The van der Waals surface area contributed by atoms with Gasteiger partial charge in [-0.15, -0.1) is 0 Å². The minimum Gasteiger partial charge on any atom is -0.493 e. The fourth-order valence-corrected chi connectivity index (χ4v) is 7.13. The van der Waals surface area contributed by atoms with E-state index in [2.05, 4.69) is 26.6 Å². The second-order valence-electron chi connectivity index (χ2n) is 14.8. The third kappa shape index (κ3) is 14.4. The van der Waals surface area contributed by atoms with E-state index in [0.717, 1.165) is 24.1 Å². The summed E-state index contributed by atoms with van der Waals surface area (Å²) in [4.78, 5) is 27.0. The van der Waals surface area contributed by atoms with Crippen molar-refractivity contribution in [1.82, 2.24) is 0 Å². The molecule has 0 bridgehead atoms. The molecule has 2 aromatic carbocycles. The summed E-state index contributed by atoms with van der Waals surface area (Å²) in [5.74, 6) is -0.875. The molecule has 0 aromatic heterocycles. The molecule has 0 aliphatic carbocycles. The number of carbonyl (C=O) groups excluding carboxylic acids is 2. The van der Waals surface area contributed by atoms with E-state index >= 15 is 0 Å². The van der Waals surface area contributed by atoms with Crippen molar-refractivity contribution >= 4 is 46.1 Å². The molecule has 1 aliphatic rings. The van der Waals surface area contributed by atoms with E-state index in [4.69, 9.17) is 38.6 Å². The highest BCUT2D eigenvalue weighted by Crippen LogP contribution is 2.37. The maximum absolute atomic E-state index is 13.6. The van der Waals surface area contributed by atoms with Crippen molar-refractivity contribution in [2.24, 2.45) is 5.92 Å². The Bertz CT molecular complexity index is 1460. The van der Waals surface area contributed by atoms with Gasteiger partial charge in [-0.3, -0.25) is 0 Å². The number of methoxy groups -OCH3 is 1. The van der Waals surface area contributed by atoms with Crippen LogP contribution in [-0.4, -0.2) is 78.6 Å². The van der Waals surface area contributed by atoms with Crippen LogP contribution in [0.5, 0.6) is 11.5 Å². The smallest absolute Gasteiger partial charge is 0.342 e. The van der Waals surface area contributed by atoms with Crippen LogP contribution in [0.2, 0.25) is 25.7 Å². The molecular weight excluding hydrogens is 720 g/mol. The highest BCUT2D eigenvalue weighted by Gasteiger charge is 2.46. The molecule has 6 atom stereocenters. The van der Waals surface area contributed by atoms with Crippen LogP contribution >= 0.6 is 20.0 Å². The Kier molecular flexibility index (Phi) is 17.4. The molecule has 1 saturated heterocycles. The van der Waals surface area contributed by atoms with Crippen LogP contribution < -0.4 is 9.47 Å². The molecule has 290 valence electrons. The number of carbonyl (C=O) groups is 2. The van der Waals surface area contributed by atoms with Gasteiger partial charge in [0.05, 0.1) is 32.3 Å². The van der Waals surface area contributed by atoms with Crippen LogP contribution in [0.3, 0.4) is 0 Å². The van der Waals surface area contributed by atoms with E-state index in [-0.39, 0.29) is 32.8 Å². The second kappa shape index (κ2) is 21.4. The van der Waals surface area contributed by atoms with Crippen LogP contribution in [0.25, 0.3) is 6.08 Å². The molecule has 0 radical (unpaired) electrons. The maximum atomic E-state index is 13.6. The van der Waals surface area contributed by atoms with Crippen molar-refractivity contribution in [3.8, 4) is 11.5 Å². The number of hydrogen-bond donors (Lipinski definition) is 0. The highest BCUT2D eigenvalue weighted by molar-refractivity contribution is 8.40. The molecule has 0 saturated carbocycles. The fraction of sp³-hybridized carbons (Fsp3) is 0.590. The molecule has 0 N–H and O–H groups in total. The molecule has 13 heteroatoms. The number of rotatable bonds is 23. The topological polar surface area (TPSA) is 108 Å². The molecule has 3 rings (SSSR count). The first-order valence-corrected chi connectivity index (χ1v) is 23.7. The third-order valence-corrected chi connectivity index (χ3v) is 11.0. The van der Waals surface area contributed by atoms with Gasteiger partial charge >= 0.3 is 11.9 Å². The zero-order valence-corrected chi connectivity index (χ0v) is 35.0. The van der Waals surface area contributed by atoms with Crippen LogP contribution in [0.1, 0.15) is 86.6 Å².